The number of hydrogen-bond acceptors (Lipinski definition) is 2. The van der Waals surface area contributed by atoms with E-state index in [2.05, 4.69) is 32.6 Å². The third-order valence-electron chi connectivity index (χ3n) is 4.30. The molecule has 1 fully saturated rings. The average molecular weight is 227 g/mol. The van der Waals surface area contributed by atoms with Crippen LogP contribution in [-0.2, 0) is 0 Å². The van der Waals surface area contributed by atoms with Gasteiger partial charge in [-0.2, -0.15) is 0 Å². The Bertz CT molecular complexity index is 195. The predicted molar refractivity (Wildman–Crippen MR) is 69.6 cm³/mol. The van der Waals surface area contributed by atoms with E-state index >= 15 is 0 Å². The van der Waals surface area contributed by atoms with E-state index in [1.165, 1.54) is 19.4 Å². The molecule has 1 aliphatic heterocycles. The number of aliphatic hydroxyl groups excluding tert-OH is 1. The molecule has 0 spiro atoms. The highest BCUT2D eigenvalue weighted by atomic mass is 16.3. The molecule has 0 amide bonds. The molecule has 0 aliphatic carbocycles. The molecule has 2 heteroatoms. The van der Waals surface area contributed by atoms with Crippen molar-refractivity contribution in [1.82, 2.24) is 4.90 Å². The standard InChI is InChI=1S/C14H29NO/c1-5-8-14(16)13(6-2)15-10-7-9-11(3)12(15)4/h11-14,16H,5-10H2,1-4H3. The Morgan fingerprint density at radius 3 is 2.56 bits per heavy atom. The minimum atomic E-state index is -0.136. The van der Waals surface area contributed by atoms with E-state index in [0.717, 1.165) is 25.2 Å². The van der Waals surface area contributed by atoms with Crippen molar-refractivity contribution in [3.05, 3.63) is 0 Å². The monoisotopic (exact) mass is 227 g/mol. The van der Waals surface area contributed by atoms with E-state index in [1.807, 2.05) is 0 Å². The first-order valence-electron chi connectivity index (χ1n) is 7.05. The van der Waals surface area contributed by atoms with Gasteiger partial charge >= 0.3 is 0 Å². The summed E-state index contributed by atoms with van der Waals surface area (Å²) < 4.78 is 0. The quantitative estimate of drug-likeness (QED) is 0.780. The van der Waals surface area contributed by atoms with Gasteiger partial charge in [-0.15, -0.1) is 0 Å². The van der Waals surface area contributed by atoms with Crippen LogP contribution >= 0.6 is 0 Å². The highest BCUT2D eigenvalue weighted by Crippen LogP contribution is 2.27. The van der Waals surface area contributed by atoms with Crippen LogP contribution < -0.4 is 0 Å². The summed E-state index contributed by atoms with van der Waals surface area (Å²) in [6.07, 6.45) is 5.59. The second-order valence-corrected chi connectivity index (χ2v) is 5.43. The van der Waals surface area contributed by atoms with Crippen molar-refractivity contribution < 1.29 is 5.11 Å². The summed E-state index contributed by atoms with van der Waals surface area (Å²) in [5, 5.41) is 10.2. The van der Waals surface area contributed by atoms with E-state index < -0.39 is 0 Å². The molecule has 96 valence electrons. The van der Waals surface area contributed by atoms with Gasteiger partial charge in [0.05, 0.1) is 6.10 Å². The second kappa shape index (κ2) is 6.61. The van der Waals surface area contributed by atoms with Gasteiger partial charge in [0.25, 0.3) is 0 Å². The van der Waals surface area contributed by atoms with Crippen molar-refractivity contribution in [3.8, 4) is 0 Å². The van der Waals surface area contributed by atoms with Crippen LogP contribution in [0, 0.1) is 5.92 Å². The molecule has 0 aromatic carbocycles. The Kier molecular flexibility index (Phi) is 5.77. The number of nitrogens with zero attached hydrogens (tertiary/aromatic N) is 1. The van der Waals surface area contributed by atoms with Gasteiger partial charge in [0.15, 0.2) is 0 Å². The van der Waals surface area contributed by atoms with Crippen LogP contribution in [0.5, 0.6) is 0 Å². The lowest BCUT2D eigenvalue weighted by Crippen LogP contribution is -2.52. The van der Waals surface area contributed by atoms with E-state index in [0.29, 0.717) is 12.1 Å². The molecule has 0 radical (unpaired) electrons. The van der Waals surface area contributed by atoms with Crippen molar-refractivity contribution in [2.45, 2.75) is 78.0 Å². The van der Waals surface area contributed by atoms with Crippen LogP contribution in [0.25, 0.3) is 0 Å². The minimum Gasteiger partial charge on any atom is -0.391 e. The van der Waals surface area contributed by atoms with Crippen LogP contribution in [-0.4, -0.2) is 34.7 Å². The number of piperidine rings is 1. The molecule has 1 N–H and O–H groups in total. The Labute approximate surface area is 101 Å². The normalized spacial score (nSPS) is 31.3. The lowest BCUT2D eigenvalue weighted by atomic mass is 9.88. The summed E-state index contributed by atoms with van der Waals surface area (Å²) in [7, 11) is 0. The van der Waals surface area contributed by atoms with Gasteiger partial charge in [0, 0.05) is 12.1 Å². The summed E-state index contributed by atoms with van der Waals surface area (Å²) in [6.45, 7) is 10.2. The Morgan fingerprint density at radius 1 is 1.31 bits per heavy atom. The van der Waals surface area contributed by atoms with Crippen molar-refractivity contribution in [2.24, 2.45) is 5.92 Å². The highest BCUT2D eigenvalue weighted by Gasteiger charge is 2.32. The van der Waals surface area contributed by atoms with Gasteiger partial charge in [-0.25, -0.2) is 0 Å². The summed E-state index contributed by atoms with van der Waals surface area (Å²) in [5.74, 6) is 0.775. The van der Waals surface area contributed by atoms with Gasteiger partial charge in [0.2, 0.25) is 0 Å². The third-order valence-corrected chi connectivity index (χ3v) is 4.30. The molecule has 1 saturated heterocycles. The molecular weight excluding hydrogens is 198 g/mol. The van der Waals surface area contributed by atoms with Crippen molar-refractivity contribution in [1.29, 1.82) is 0 Å². The van der Waals surface area contributed by atoms with E-state index in [-0.39, 0.29) is 6.10 Å². The third kappa shape index (κ3) is 3.21. The SMILES string of the molecule is CCCC(O)C(CC)N1CCCC(C)C1C. The van der Waals surface area contributed by atoms with Crippen molar-refractivity contribution >= 4 is 0 Å². The molecule has 1 heterocycles. The van der Waals surface area contributed by atoms with Gasteiger partial charge in [-0.05, 0) is 45.1 Å². The first kappa shape index (κ1) is 14.0. The molecule has 0 saturated carbocycles. The van der Waals surface area contributed by atoms with Crippen LogP contribution in [0.2, 0.25) is 0 Å². The summed E-state index contributed by atoms with van der Waals surface area (Å²) in [4.78, 5) is 2.55. The minimum absolute atomic E-state index is 0.136. The number of hydrogen-bond donors (Lipinski definition) is 1. The lowest BCUT2D eigenvalue weighted by molar-refractivity contribution is -0.00946. The maximum Gasteiger partial charge on any atom is 0.0695 e. The number of aliphatic hydroxyl groups is 1. The topological polar surface area (TPSA) is 23.5 Å². The van der Waals surface area contributed by atoms with Gasteiger partial charge in [-0.3, -0.25) is 4.90 Å². The fourth-order valence-electron chi connectivity index (χ4n) is 3.05. The Hall–Kier alpha value is -0.0800. The van der Waals surface area contributed by atoms with Crippen LogP contribution in [0.15, 0.2) is 0 Å². The van der Waals surface area contributed by atoms with Gasteiger partial charge < -0.3 is 5.11 Å². The maximum atomic E-state index is 10.2. The van der Waals surface area contributed by atoms with Gasteiger partial charge in [0.1, 0.15) is 0 Å². The molecule has 4 unspecified atom stereocenters. The first-order chi connectivity index (χ1) is 7.61. The molecule has 2 nitrogen and oxygen atoms in total. The predicted octanol–water partition coefficient (Wildman–Crippen LogP) is 3.05. The number of likely N-dealkylation sites (tertiary alicyclic amines) is 1. The van der Waals surface area contributed by atoms with Crippen LogP contribution in [0.3, 0.4) is 0 Å². The second-order valence-electron chi connectivity index (χ2n) is 5.43. The Morgan fingerprint density at radius 2 is 2.00 bits per heavy atom. The first-order valence-corrected chi connectivity index (χ1v) is 7.05. The molecule has 1 aliphatic rings. The number of rotatable bonds is 5. The fourth-order valence-corrected chi connectivity index (χ4v) is 3.05. The van der Waals surface area contributed by atoms with Gasteiger partial charge in [-0.1, -0.05) is 27.2 Å². The summed E-state index contributed by atoms with van der Waals surface area (Å²) >= 11 is 0. The smallest absolute Gasteiger partial charge is 0.0695 e. The fraction of sp³-hybridized carbons (Fsp3) is 1.00. The molecule has 0 aromatic heterocycles. The summed E-state index contributed by atoms with van der Waals surface area (Å²) in [6, 6.07) is 1.00. The zero-order valence-electron chi connectivity index (χ0n) is 11.4. The molecule has 0 aromatic rings. The molecular formula is C14H29NO. The zero-order valence-corrected chi connectivity index (χ0v) is 11.4. The largest absolute Gasteiger partial charge is 0.391 e. The molecule has 1 rings (SSSR count). The lowest BCUT2D eigenvalue weighted by Gasteiger charge is -2.44. The van der Waals surface area contributed by atoms with Crippen LogP contribution in [0.4, 0.5) is 0 Å². The maximum absolute atomic E-state index is 10.2. The van der Waals surface area contributed by atoms with Crippen molar-refractivity contribution in [2.75, 3.05) is 6.54 Å². The van der Waals surface area contributed by atoms with E-state index in [4.69, 9.17) is 0 Å². The van der Waals surface area contributed by atoms with E-state index in [9.17, 15) is 5.11 Å². The molecule has 16 heavy (non-hydrogen) atoms. The average Bonchev–Trinajstić information content (AvgIpc) is 2.25. The Balaban J connectivity index is 2.63. The summed E-state index contributed by atoms with van der Waals surface area (Å²) in [5.41, 5.74) is 0. The van der Waals surface area contributed by atoms with E-state index in [1.54, 1.807) is 0 Å². The highest BCUT2D eigenvalue weighted by molar-refractivity contribution is 4.86. The zero-order chi connectivity index (χ0) is 12.1. The molecule has 4 atom stereocenters. The molecule has 0 bridgehead atoms. The van der Waals surface area contributed by atoms with Crippen molar-refractivity contribution in [3.63, 3.8) is 0 Å². The van der Waals surface area contributed by atoms with Crippen LogP contribution in [0.1, 0.15) is 59.8 Å².